The molecule has 0 bridgehead atoms. The van der Waals surface area contributed by atoms with Gasteiger partial charge in [0.25, 0.3) is 0 Å². The van der Waals surface area contributed by atoms with E-state index in [1.807, 2.05) is 0 Å². The molecule has 1 aliphatic rings. The van der Waals surface area contributed by atoms with Crippen LogP contribution in [0, 0.1) is 5.92 Å². The first kappa shape index (κ1) is 13.8. The van der Waals surface area contributed by atoms with Crippen LogP contribution in [0.25, 0.3) is 0 Å². The van der Waals surface area contributed by atoms with Crippen molar-refractivity contribution in [2.45, 2.75) is 65.2 Å². The summed E-state index contributed by atoms with van der Waals surface area (Å²) in [7, 11) is 0. The zero-order valence-electron chi connectivity index (χ0n) is 11.6. The Morgan fingerprint density at radius 3 is 2.67 bits per heavy atom. The molecule has 0 aromatic carbocycles. The van der Waals surface area contributed by atoms with Gasteiger partial charge in [-0.1, -0.05) is 33.1 Å². The highest BCUT2D eigenvalue weighted by Crippen LogP contribution is 2.30. The molecule has 0 aliphatic heterocycles. The van der Waals surface area contributed by atoms with E-state index in [0.717, 1.165) is 24.1 Å². The number of aryl methyl sites for hydroxylation is 2. The van der Waals surface area contributed by atoms with E-state index in [-0.39, 0.29) is 0 Å². The van der Waals surface area contributed by atoms with Crippen LogP contribution in [-0.2, 0) is 12.8 Å². The Labute approximate surface area is 115 Å². The summed E-state index contributed by atoms with van der Waals surface area (Å²) in [6.07, 6.45) is 9.30. The summed E-state index contributed by atoms with van der Waals surface area (Å²) in [5, 5.41) is 0. The molecule has 2 rings (SSSR count). The van der Waals surface area contributed by atoms with Gasteiger partial charge in [0.2, 0.25) is 0 Å². The van der Waals surface area contributed by atoms with E-state index in [9.17, 15) is 4.79 Å². The SMILES string of the molecule is CCC(CC)CC(=O)c1cc2c(s1)CCCCC2. The number of hydrogen-bond donors (Lipinski definition) is 0. The third-order valence-electron chi connectivity index (χ3n) is 4.15. The topological polar surface area (TPSA) is 17.1 Å². The molecular weight excluding hydrogens is 240 g/mol. The Morgan fingerprint density at radius 1 is 1.22 bits per heavy atom. The Morgan fingerprint density at radius 2 is 1.94 bits per heavy atom. The highest BCUT2D eigenvalue weighted by atomic mass is 32.1. The first-order valence-corrected chi connectivity index (χ1v) is 8.21. The Kier molecular flexibility index (Phi) is 4.99. The molecule has 0 saturated carbocycles. The van der Waals surface area contributed by atoms with E-state index >= 15 is 0 Å². The number of fused-ring (bicyclic) bond motifs is 1. The standard InChI is InChI=1S/C16H24OS/c1-3-12(4-2)10-14(17)16-11-13-8-6-5-7-9-15(13)18-16/h11-12H,3-10H2,1-2H3. The molecule has 0 unspecified atom stereocenters. The molecule has 1 aromatic heterocycles. The zero-order chi connectivity index (χ0) is 13.0. The largest absolute Gasteiger partial charge is 0.293 e. The van der Waals surface area contributed by atoms with E-state index < -0.39 is 0 Å². The molecule has 18 heavy (non-hydrogen) atoms. The predicted molar refractivity (Wildman–Crippen MR) is 78.6 cm³/mol. The maximum absolute atomic E-state index is 12.3. The van der Waals surface area contributed by atoms with E-state index in [1.165, 1.54) is 42.5 Å². The van der Waals surface area contributed by atoms with E-state index in [2.05, 4.69) is 19.9 Å². The molecule has 0 amide bonds. The minimum Gasteiger partial charge on any atom is -0.293 e. The molecule has 0 saturated heterocycles. The lowest BCUT2D eigenvalue weighted by atomic mass is 9.96. The number of hydrogen-bond acceptors (Lipinski definition) is 2. The average Bonchev–Trinajstić information content (AvgIpc) is 2.67. The third-order valence-corrected chi connectivity index (χ3v) is 5.43. The second-order valence-corrected chi connectivity index (χ2v) is 6.57. The molecule has 1 heterocycles. The van der Waals surface area contributed by atoms with Crippen molar-refractivity contribution in [2.24, 2.45) is 5.92 Å². The molecule has 2 heteroatoms. The summed E-state index contributed by atoms with van der Waals surface area (Å²) < 4.78 is 0. The van der Waals surface area contributed by atoms with Gasteiger partial charge in [0.1, 0.15) is 0 Å². The molecule has 1 aliphatic carbocycles. The third kappa shape index (κ3) is 3.23. The maximum Gasteiger partial charge on any atom is 0.173 e. The molecule has 0 atom stereocenters. The van der Waals surface area contributed by atoms with E-state index in [1.54, 1.807) is 11.3 Å². The van der Waals surface area contributed by atoms with Crippen molar-refractivity contribution in [3.05, 3.63) is 21.4 Å². The van der Waals surface area contributed by atoms with Gasteiger partial charge in [0.05, 0.1) is 4.88 Å². The minimum atomic E-state index is 0.377. The van der Waals surface area contributed by atoms with Crippen molar-refractivity contribution < 1.29 is 4.79 Å². The fraction of sp³-hybridized carbons (Fsp3) is 0.688. The van der Waals surface area contributed by atoms with Crippen LogP contribution in [0.3, 0.4) is 0 Å². The van der Waals surface area contributed by atoms with Crippen molar-refractivity contribution in [1.29, 1.82) is 0 Å². The predicted octanol–water partition coefficient (Wildman–Crippen LogP) is 5.03. The summed E-state index contributed by atoms with van der Waals surface area (Å²) in [6, 6.07) is 2.19. The quantitative estimate of drug-likeness (QED) is 0.538. The van der Waals surface area contributed by atoms with Crippen molar-refractivity contribution >= 4 is 17.1 Å². The molecule has 0 spiro atoms. The van der Waals surface area contributed by atoms with Crippen LogP contribution >= 0.6 is 11.3 Å². The first-order chi connectivity index (χ1) is 8.74. The van der Waals surface area contributed by atoms with Gasteiger partial charge in [-0.25, -0.2) is 0 Å². The molecule has 100 valence electrons. The monoisotopic (exact) mass is 264 g/mol. The second-order valence-electron chi connectivity index (χ2n) is 5.43. The van der Waals surface area contributed by atoms with Crippen LogP contribution in [0.2, 0.25) is 0 Å². The van der Waals surface area contributed by atoms with Crippen molar-refractivity contribution in [2.75, 3.05) is 0 Å². The van der Waals surface area contributed by atoms with Gasteiger partial charge >= 0.3 is 0 Å². The van der Waals surface area contributed by atoms with Crippen LogP contribution in [0.1, 0.15) is 72.5 Å². The Balaban J connectivity index is 2.07. The minimum absolute atomic E-state index is 0.377. The van der Waals surface area contributed by atoms with Crippen LogP contribution < -0.4 is 0 Å². The zero-order valence-corrected chi connectivity index (χ0v) is 12.4. The maximum atomic E-state index is 12.3. The molecule has 1 aromatic rings. The Hall–Kier alpha value is -0.630. The van der Waals surface area contributed by atoms with Crippen molar-refractivity contribution in [1.82, 2.24) is 0 Å². The highest BCUT2D eigenvalue weighted by Gasteiger charge is 2.18. The lowest BCUT2D eigenvalue weighted by Gasteiger charge is -2.09. The molecule has 0 radical (unpaired) electrons. The summed E-state index contributed by atoms with van der Waals surface area (Å²) in [5.74, 6) is 0.946. The summed E-state index contributed by atoms with van der Waals surface area (Å²) in [5.41, 5.74) is 1.46. The number of carbonyl (C=O) groups is 1. The lowest BCUT2D eigenvalue weighted by molar-refractivity contribution is 0.0962. The normalized spacial score (nSPS) is 15.5. The van der Waals surface area contributed by atoms with Gasteiger partial charge in [0, 0.05) is 11.3 Å². The fourth-order valence-electron chi connectivity index (χ4n) is 2.74. The fourth-order valence-corrected chi connectivity index (χ4v) is 3.95. The first-order valence-electron chi connectivity index (χ1n) is 7.39. The Bertz CT molecular complexity index is 378. The van der Waals surface area contributed by atoms with Crippen LogP contribution in [-0.4, -0.2) is 5.78 Å². The van der Waals surface area contributed by atoms with Gasteiger partial charge in [-0.05, 0) is 43.2 Å². The number of rotatable bonds is 5. The summed E-state index contributed by atoms with van der Waals surface area (Å²) in [6.45, 7) is 4.37. The number of ketones is 1. The van der Waals surface area contributed by atoms with Crippen LogP contribution in [0.15, 0.2) is 6.07 Å². The average molecular weight is 264 g/mol. The number of thiophene rings is 1. The van der Waals surface area contributed by atoms with E-state index in [4.69, 9.17) is 0 Å². The molecule has 1 nitrogen and oxygen atoms in total. The van der Waals surface area contributed by atoms with Crippen LogP contribution in [0.5, 0.6) is 0 Å². The summed E-state index contributed by atoms with van der Waals surface area (Å²) in [4.78, 5) is 14.8. The van der Waals surface area contributed by atoms with Gasteiger partial charge in [-0.3, -0.25) is 4.79 Å². The summed E-state index contributed by atoms with van der Waals surface area (Å²) >= 11 is 1.77. The second kappa shape index (κ2) is 6.51. The van der Waals surface area contributed by atoms with Gasteiger partial charge < -0.3 is 0 Å². The van der Waals surface area contributed by atoms with E-state index in [0.29, 0.717) is 11.7 Å². The highest BCUT2D eigenvalue weighted by molar-refractivity contribution is 7.14. The van der Waals surface area contributed by atoms with Crippen molar-refractivity contribution in [3.8, 4) is 0 Å². The number of Topliss-reactive ketones (excluding diaryl/α,β-unsaturated/α-hetero) is 1. The molecule has 0 N–H and O–H groups in total. The molecule has 0 fully saturated rings. The van der Waals surface area contributed by atoms with Crippen molar-refractivity contribution in [3.63, 3.8) is 0 Å². The van der Waals surface area contributed by atoms with Gasteiger partial charge in [-0.15, -0.1) is 11.3 Å². The van der Waals surface area contributed by atoms with Crippen LogP contribution in [0.4, 0.5) is 0 Å². The van der Waals surface area contributed by atoms with Gasteiger partial charge in [-0.2, -0.15) is 0 Å². The van der Waals surface area contributed by atoms with Gasteiger partial charge in [0.15, 0.2) is 5.78 Å². The number of carbonyl (C=O) groups excluding carboxylic acids is 1. The lowest BCUT2D eigenvalue weighted by Crippen LogP contribution is -2.06. The smallest absolute Gasteiger partial charge is 0.173 e. The molecular formula is C16H24OS.